The minimum Gasteiger partial charge on any atom is -0.385 e. The van der Waals surface area contributed by atoms with E-state index in [-0.39, 0.29) is 11.3 Å². The number of rotatable bonds is 5. The summed E-state index contributed by atoms with van der Waals surface area (Å²) in [5.74, 6) is 0.0233. The highest BCUT2D eigenvalue weighted by molar-refractivity contribution is 5.95. The SMILES string of the molecule is CN(C)CC(C)(C)CNC(=O)c1ccc2c(c1)CCCN2. The Morgan fingerprint density at radius 1 is 1.38 bits per heavy atom. The van der Waals surface area contributed by atoms with Crippen molar-refractivity contribution in [1.82, 2.24) is 10.2 Å². The molecule has 0 aromatic heterocycles. The Labute approximate surface area is 127 Å². The van der Waals surface area contributed by atoms with Crippen molar-refractivity contribution in [1.29, 1.82) is 0 Å². The molecular formula is C17H27N3O. The summed E-state index contributed by atoms with van der Waals surface area (Å²) in [5, 5.41) is 6.43. The molecule has 1 heterocycles. The van der Waals surface area contributed by atoms with Gasteiger partial charge < -0.3 is 15.5 Å². The van der Waals surface area contributed by atoms with Crippen LogP contribution >= 0.6 is 0 Å². The molecule has 1 aromatic carbocycles. The third kappa shape index (κ3) is 4.46. The zero-order chi connectivity index (χ0) is 15.5. The minimum absolute atomic E-state index is 0.0233. The molecule has 4 heteroatoms. The fourth-order valence-corrected chi connectivity index (χ4v) is 2.95. The summed E-state index contributed by atoms with van der Waals surface area (Å²) in [7, 11) is 4.11. The van der Waals surface area contributed by atoms with Crippen LogP contribution in [0.2, 0.25) is 0 Å². The van der Waals surface area contributed by atoms with Crippen LogP contribution in [0.5, 0.6) is 0 Å². The molecule has 1 aliphatic rings. The lowest BCUT2D eigenvalue weighted by atomic mass is 9.92. The van der Waals surface area contributed by atoms with E-state index in [1.165, 1.54) is 11.3 Å². The lowest BCUT2D eigenvalue weighted by molar-refractivity contribution is 0.0929. The Morgan fingerprint density at radius 2 is 2.14 bits per heavy atom. The Morgan fingerprint density at radius 3 is 2.86 bits per heavy atom. The Kier molecular flexibility index (Phi) is 4.88. The summed E-state index contributed by atoms with van der Waals surface area (Å²) in [6.07, 6.45) is 2.18. The van der Waals surface area contributed by atoms with E-state index >= 15 is 0 Å². The molecule has 2 N–H and O–H groups in total. The number of carbonyl (C=O) groups is 1. The van der Waals surface area contributed by atoms with Crippen LogP contribution in [0.25, 0.3) is 0 Å². The molecule has 1 aromatic rings. The van der Waals surface area contributed by atoms with E-state index in [1.54, 1.807) is 0 Å². The fraction of sp³-hybridized carbons (Fsp3) is 0.588. The molecule has 2 rings (SSSR count). The van der Waals surface area contributed by atoms with Gasteiger partial charge in [-0.25, -0.2) is 0 Å². The van der Waals surface area contributed by atoms with Gasteiger partial charge in [-0.2, -0.15) is 0 Å². The lowest BCUT2D eigenvalue weighted by Crippen LogP contribution is -2.40. The van der Waals surface area contributed by atoms with E-state index < -0.39 is 0 Å². The zero-order valence-electron chi connectivity index (χ0n) is 13.6. The number of hydrogen-bond acceptors (Lipinski definition) is 3. The Balaban J connectivity index is 1.97. The van der Waals surface area contributed by atoms with Gasteiger partial charge in [-0.05, 0) is 56.1 Å². The van der Waals surface area contributed by atoms with Gasteiger partial charge in [-0.1, -0.05) is 13.8 Å². The van der Waals surface area contributed by atoms with Crippen molar-refractivity contribution in [3.05, 3.63) is 29.3 Å². The van der Waals surface area contributed by atoms with Crippen molar-refractivity contribution in [2.75, 3.05) is 39.0 Å². The first-order valence-corrected chi connectivity index (χ1v) is 7.67. The van der Waals surface area contributed by atoms with E-state index in [1.807, 2.05) is 18.2 Å². The van der Waals surface area contributed by atoms with Crippen LogP contribution in [0.4, 0.5) is 5.69 Å². The number of anilines is 1. The number of benzene rings is 1. The standard InChI is InChI=1S/C17H27N3O/c1-17(2,12-20(3)4)11-19-16(21)14-7-8-15-13(10-14)6-5-9-18-15/h7-8,10,18H,5-6,9,11-12H2,1-4H3,(H,19,21). The topological polar surface area (TPSA) is 44.4 Å². The highest BCUT2D eigenvalue weighted by Crippen LogP contribution is 2.23. The summed E-state index contributed by atoms with van der Waals surface area (Å²) in [6.45, 7) is 6.99. The van der Waals surface area contributed by atoms with E-state index in [2.05, 4.69) is 43.5 Å². The van der Waals surface area contributed by atoms with Crippen molar-refractivity contribution in [2.24, 2.45) is 5.41 Å². The van der Waals surface area contributed by atoms with Gasteiger partial charge in [0.05, 0.1) is 0 Å². The molecule has 0 fully saturated rings. The number of carbonyl (C=O) groups excluding carboxylic acids is 1. The smallest absolute Gasteiger partial charge is 0.251 e. The van der Waals surface area contributed by atoms with Gasteiger partial charge in [0.15, 0.2) is 0 Å². The van der Waals surface area contributed by atoms with Crippen LogP contribution in [0.15, 0.2) is 18.2 Å². The maximum Gasteiger partial charge on any atom is 0.251 e. The van der Waals surface area contributed by atoms with Crippen LogP contribution in [0.1, 0.15) is 36.2 Å². The van der Waals surface area contributed by atoms with Crippen molar-refractivity contribution in [3.63, 3.8) is 0 Å². The molecule has 0 aliphatic carbocycles. The van der Waals surface area contributed by atoms with E-state index in [4.69, 9.17) is 0 Å². The van der Waals surface area contributed by atoms with Gasteiger partial charge in [0.1, 0.15) is 0 Å². The van der Waals surface area contributed by atoms with Crippen LogP contribution in [-0.2, 0) is 6.42 Å². The van der Waals surface area contributed by atoms with Crippen molar-refractivity contribution >= 4 is 11.6 Å². The Hall–Kier alpha value is -1.55. The molecule has 4 nitrogen and oxygen atoms in total. The number of nitrogens with zero attached hydrogens (tertiary/aromatic N) is 1. The van der Waals surface area contributed by atoms with Crippen LogP contribution in [0.3, 0.4) is 0 Å². The highest BCUT2D eigenvalue weighted by Gasteiger charge is 2.20. The molecule has 116 valence electrons. The molecule has 0 spiro atoms. The number of aryl methyl sites for hydroxylation is 1. The average molecular weight is 289 g/mol. The molecule has 0 atom stereocenters. The number of nitrogens with one attached hydrogen (secondary N) is 2. The largest absolute Gasteiger partial charge is 0.385 e. The van der Waals surface area contributed by atoms with Gasteiger partial charge >= 0.3 is 0 Å². The molecule has 21 heavy (non-hydrogen) atoms. The summed E-state index contributed by atoms with van der Waals surface area (Å²) in [5.41, 5.74) is 3.25. The Bertz CT molecular complexity index is 509. The quantitative estimate of drug-likeness (QED) is 0.874. The molecule has 0 radical (unpaired) electrons. The number of amides is 1. The molecule has 0 unspecified atom stereocenters. The summed E-state index contributed by atoms with van der Waals surface area (Å²) in [4.78, 5) is 14.5. The van der Waals surface area contributed by atoms with Gasteiger partial charge in [0, 0.05) is 30.9 Å². The normalized spacial score (nSPS) is 14.5. The predicted octanol–water partition coefficient (Wildman–Crippen LogP) is 2.36. The predicted molar refractivity (Wildman–Crippen MR) is 87.9 cm³/mol. The van der Waals surface area contributed by atoms with Crippen LogP contribution in [0, 0.1) is 5.41 Å². The van der Waals surface area contributed by atoms with Crippen LogP contribution < -0.4 is 10.6 Å². The zero-order valence-corrected chi connectivity index (χ0v) is 13.6. The highest BCUT2D eigenvalue weighted by atomic mass is 16.1. The number of fused-ring (bicyclic) bond motifs is 1. The summed E-state index contributed by atoms with van der Waals surface area (Å²) >= 11 is 0. The second-order valence-electron chi connectivity index (χ2n) is 6.99. The molecule has 0 bridgehead atoms. The fourth-order valence-electron chi connectivity index (χ4n) is 2.95. The third-order valence-electron chi connectivity index (χ3n) is 3.78. The first kappa shape index (κ1) is 15.8. The molecule has 1 aliphatic heterocycles. The monoisotopic (exact) mass is 289 g/mol. The van der Waals surface area contributed by atoms with Crippen LogP contribution in [-0.4, -0.2) is 44.5 Å². The third-order valence-corrected chi connectivity index (χ3v) is 3.78. The van der Waals surface area contributed by atoms with Crippen molar-refractivity contribution < 1.29 is 4.79 Å². The first-order valence-electron chi connectivity index (χ1n) is 7.67. The molecule has 1 amide bonds. The van der Waals surface area contributed by atoms with Gasteiger partial charge in [-0.15, -0.1) is 0 Å². The minimum atomic E-state index is 0.0233. The summed E-state index contributed by atoms with van der Waals surface area (Å²) in [6, 6.07) is 5.95. The van der Waals surface area contributed by atoms with Crippen molar-refractivity contribution in [3.8, 4) is 0 Å². The molecule has 0 saturated heterocycles. The first-order chi connectivity index (χ1) is 9.87. The average Bonchev–Trinajstić information content (AvgIpc) is 2.43. The van der Waals surface area contributed by atoms with Crippen molar-refractivity contribution in [2.45, 2.75) is 26.7 Å². The lowest BCUT2D eigenvalue weighted by Gasteiger charge is -2.28. The maximum atomic E-state index is 12.3. The molecule has 0 saturated carbocycles. The van der Waals surface area contributed by atoms with E-state index in [0.29, 0.717) is 6.54 Å². The second-order valence-corrected chi connectivity index (χ2v) is 6.99. The van der Waals surface area contributed by atoms with E-state index in [0.717, 1.165) is 31.5 Å². The number of hydrogen-bond donors (Lipinski definition) is 2. The van der Waals surface area contributed by atoms with Gasteiger partial charge in [-0.3, -0.25) is 4.79 Å². The molecular weight excluding hydrogens is 262 g/mol. The maximum absolute atomic E-state index is 12.3. The van der Waals surface area contributed by atoms with Gasteiger partial charge in [0.2, 0.25) is 0 Å². The second kappa shape index (κ2) is 6.48. The van der Waals surface area contributed by atoms with E-state index in [9.17, 15) is 4.79 Å². The van der Waals surface area contributed by atoms with Gasteiger partial charge in [0.25, 0.3) is 5.91 Å². The summed E-state index contributed by atoms with van der Waals surface area (Å²) < 4.78 is 0.